The van der Waals surface area contributed by atoms with Gasteiger partial charge in [0.2, 0.25) is 5.82 Å². The minimum atomic E-state index is -0.984. The maximum Gasteiger partial charge on any atom is 0.346 e. The fourth-order valence-corrected chi connectivity index (χ4v) is 2.14. The number of furan rings is 1. The highest BCUT2D eigenvalue weighted by molar-refractivity contribution is 7.12. The summed E-state index contributed by atoms with van der Waals surface area (Å²) in [6.45, 7) is 0.0590. The quantitative estimate of drug-likeness (QED) is 0.771. The van der Waals surface area contributed by atoms with E-state index in [2.05, 4.69) is 10.1 Å². The third-order valence-corrected chi connectivity index (χ3v) is 3.25. The van der Waals surface area contributed by atoms with Crippen molar-refractivity contribution in [2.45, 2.75) is 6.61 Å². The van der Waals surface area contributed by atoms with E-state index in [-0.39, 0.29) is 17.4 Å². The zero-order valence-electron chi connectivity index (χ0n) is 9.98. The van der Waals surface area contributed by atoms with Crippen LogP contribution in [0.2, 0.25) is 0 Å². The van der Waals surface area contributed by atoms with Gasteiger partial charge in [0.05, 0.1) is 6.26 Å². The Morgan fingerprint density at radius 3 is 3.10 bits per heavy atom. The lowest BCUT2D eigenvalue weighted by Gasteiger charge is -1.97. The van der Waals surface area contributed by atoms with Crippen molar-refractivity contribution in [1.29, 1.82) is 0 Å². The summed E-state index contributed by atoms with van der Waals surface area (Å²) in [6.07, 6.45) is 1.51. The fraction of sp³-hybridized carbons (Fsp3) is 0.0833. The Morgan fingerprint density at radius 1 is 1.50 bits per heavy atom. The van der Waals surface area contributed by atoms with Crippen LogP contribution in [0.1, 0.15) is 15.6 Å². The van der Waals surface area contributed by atoms with Crippen LogP contribution in [0.25, 0.3) is 11.6 Å². The van der Waals surface area contributed by atoms with Gasteiger partial charge in [0.1, 0.15) is 10.6 Å². The molecule has 7 nitrogen and oxygen atoms in total. The molecule has 0 saturated carbocycles. The second-order valence-electron chi connectivity index (χ2n) is 3.73. The van der Waals surface area contributed by atoms with Gasteiger partial charge in [-0.15, -0.1) is 11.3 Å². The molecule has 0 aliphatic carbocycles. The average molecular weight is 292 g/mol. The normalized spacial score (nSPS) is 10.6. The summed E-state index contributed by atoms with van der Waals surface area (Å²) in [7, 11) is 0. The molecule has 3 heterocycles. The van der Waals surface area contributed by atoms with Gasteiger partial charge in [-0.3, -0.25) is 0 Å². The molecule has 0 aliphatic rings. The molecule has 3 rings (SSSR count). The van der Waals surface area contributed by atoms with E-state index in [1.807, 2.05) is 0 Å². The third-order valence-electron chi connectivity index (χ3n) is 2.36. The molecule has 0 unspecified atom stereocenters. The molecule has 102 valence electrons. The minimum Gasteiger partial charge on any atom is -0.483 e. The summed E-state index contributed by atoms with van der Waals surface area (Å²) in [6, 6.07) is 4.88. The Balaban J connectivity index is 1.65. The molecule has 0 atom stereocenters. The lowest BCUT2D eigenvalue weighted by Crippen LogP contribution is -1.95. The van der Waals surface area contributed by atoms with Crippen LogP contribution in [-0.2, 0) is 6.61 Å². The second-order valence-corrected chi connectivity index (χ2v) is 4.64. The molecule has 0 saturated heterocycles. The summed E-state index contributed by atoms with van der Waals surface area (Å²) in [5.74, 6) is 0.584. The monoisotopic (exact) mass is 292 g/mol. The zero-order chi connectivity index (χ0) is 13.9. The summed E-state index contributed by atoms with van der Waals surface area (Å²) in [5.41, 5.74) is 0. The van der Waals surface area contributed by atoms with E-state index in [0.717, 1.165) is 11.3 Å². The lowest BCUT2D eigenvalue weighted by molar-refractivity contribution is 0.0702. The molecule has 0 aromatic carbocycles. The maximum absolute atomic E-state index is 10.7. The van der Waals surface area contributed by atoms with E-state index in [4.69, 9.17) is 18.8 Å². The highest BCUT2D eigenvalue weighted by atomic mass is 32.1. The van der Waals surface area contributed by atoms with Gasteiger partial charge in [-0.05, 0) is 12.1 Å². The van der Waals surface area contributed by atoms with Crippen LogP contribution in [0, 0.1) is 0 Å². The van der Waals surface area contributed by atoms with Crippen molar-refractivity contribution in [3.63, 3.8) is 0 Å². The summed E-state index contributed by atoms with van der Waals surface area (Å²) in [4.78, 5) is 15.0. The molecule has 0 fully saturated rings. The molecule has 0 amide bonds. The average Bonchev–Trinajstić information content (AvgIpc) is 3.17. The number of carbonyl (C=O) groups is 1. The number of hydrogen-bond donors (Lipinski definition) is 1. The number of hydrogen-bond acceptors (Lipinski definition) is 7. The van der Waals surface area contributed by atoms with E-state index < -0.39 is 5.97 Å². The van der Waals surface area contributed by atoms with Crippen LogP contribution in [0.3, 0.4) is 0 Å². The fourth-order valence-electron chi connectivity index (χ4n) is 1.47. The van der Waals surface area contributed by atoms with Crippen molar-refractivity contribution in [3.05, 3.63) is 40.6 Å². The van der Waals surface area contributed by atoms with Gasteiger partial charge in [0.25, 0.3) is 5.89 Å². The SMILES string of the molecule is O=C(O)c1cc(OCc2nc(-c3ccco3)no2)cs1. The predicted octanol–water partition coefficient (Wildman–Crippen LogP) is 2.67. The van der Waals surface area contributed by atoms with Gasteiger partial charge >= 0.3 is 5.97 Å². The summed E-state index contributed by atoms with van der Waals surface area (Å²) >= 11 is 1.09. The van der Waals surface area contributed by atoms with E-state index in [1.165, 1.54) is 12.3 Å². The highest BCUT2D eigenvalue weighted by Gasteiger charge is 2.12. The molecular weight excluding hydrogens is 284 g/mol. The predicted molar refractivity (Wildman–Crippen MR) is 67.6 cm³/mol. The molecule has 0 radical (unpaired) electrons. The molecule has 3 aromatic rings. The molecule has 20 heavy (non-hydrogen) atoms. The number of carboxylic acids is 1. The molecule has 1 N–H and O–H groups in total. The Bertz CT molecular complexity index is 716. The van der Waals surface area contributed by atoms with E-state index in [9.17, 15) is 4.79 Å². The van der Waals surface area contributed by atoms with Crippen LogP contribution in [-0.4, -0.2) is 21.2 Å². The first-order valence-corrected chi connectivity index (χ1v) is 6.41. The van der Waals surface area contributed by atoms with Gasteiger partial charge in [0, 0.05) is 11.4 Å². The van der Waals surface area contributed by atoms with Gasteiger partial charge < -0.3 is 18.8 Å². The van der Waals surface area contributed by atoms with E-state index >= 15 is 0 Å². The summed E-state index contributed by atoms with van der Waals surface area (Å²) in [5, 5.41) is 14.2. The van der Waals surface area contributed by atoms with Gasteiger partial charge in [0.15, 0.2) is 12.4 Å². The molecule has 8 heteroatoms. The first-order valence-electron chi connectivity index (χ1n) is 5.53. The van der Waals surface area contributed by atoms with Crippen LogP contribution >= 0.6 is 11.3 Å². The van der Waals surface area contributed by atoms with Crippen LogP contribution in [0.4, 0.5) is 0 Å². The van der Waals surface area contributed by atoms with Gasteiger partial charge in [-0.2, -0.15) is 4.98 Å². The lowest BCUT2D eigenvalue weighted by atomic mass is 10.4. The molecule has 0 aliphatic heterocycles. The molecule has 0 bridgehead atoms. The number of rotatable bonds is 5. The number of nitrogens with zero attached hydrogens (tertiary/aromatic N) is 2. The largest absolute Gasteiger partial charge is 0.483 e. The van der Waals surface area contributed by atoms with Crippen molar-refractivity contribution in [2.75, 3.05) is 0 Å². The molecule has 3 aromatic heterocycles. The van der Waals surface area contributed by atoms with Crippen LogP contribution in [0.15, 0.2) is 38.8 Å². The second kappa shape index (κ2) is 5.17. The molecular formula is C12H8N2O5S. The van der Waals surface area contributed by atoms with Crippen molar-refractivity contribution >= 4 is 17.3 Å². The van der Waals surface area contributed by atoms with Gasteiger partial charge in [-0.1, -0.05) is 5.16 Å². The van der Waals surface area contributed by atoms with E-state index in [0.29, 0.717) is 17.3 Å². The first kappa shape index (κ1) is 12.4. The number of carboxylic acid groups (broad SMARTS) is 1. The van der Waals surface area contributed by atoms with Crippen molar-refractivity contribution < 1.29 is 23.6 Å². The Hall–Kier alpha value is -2.61. The number of thiophene rings is 1. The number of aromatic nitrogens is 2. The third kappa shape index (κ3) is 2.54. The molecule has 0 spiro atoms. The van der Waals surface area contributed by atoms with Crippen molar-refractivity contribution in [1.82, 2.24) is 10.1 Å². The Kier molecular flexibility index (Phi) is 3.21. The van der Waals surface area contributed by atoms with Crippen molar-refractivity contribution in [2.24, 2.45) is 0 Å². The Morgan fingerprint density at radius 2 is 2.40 bits per heavy atom. The smallest absolute Gasteiger partial charge is 0.346 e. The zero-order valence-corrected chi connectivity index (χ0v) is 10.8. The topological polar surface area (TPSA) is 98.6 Å². The maximum atomic E-state index is 10.7. The van der Waals surface area contributed by atoms with Crippen LogP contribution in [0.5, 0.6) is 5.75 Å². The van der Waals surface area contributed by atoms with Gasteiger partial charge in [-0.25, -0.2) is 4.79 Å². The Labute approximate surface area is 116 Å². The van der Waals surface area contributed by atoms with Crippen LogP contribution < -0.4 is 4.74 Å². The minimum absolute atomic E-state index is 0.0590. The number of aromatic carboxylic acids is 1. The highest BCUT2D eigenvalue weighted by Crippen LogP contribution is 2.22. The summed E-state index contributed by atoms with van der Waals surface area (Å²) < 4.78 is 15.5. The standard InChI is InChI=1S/C12H8N2O5S/c15-12(16)9-4-7(6-20-9)18-5-10-13-11(14-19-10)8-2-1-3-17-8/h1-4,6H,5H2,(H,15,16). The van der Waals surface area contributed by atoms with Crippen molar-refractivity contribution in [3.8, 4) is 17.3 Å². The first-order chi connectivity index (χ1) is 9.72. The number of ether oxygens (including phenoxy) is 1. The van der Waals surface area contributed by atoms with E-state index in [1.54, 1.807) is 17.5 Å².